The van der Waals surface area contributed by atoms with E-state index in [2.05, 4.69) is 9.97 Å². The Labute approximate surface area is 144 Å². The van der Waals surface area contributed by atoms with Crippen molar-refractivity contribution in [3.05, 3.63) is 40.8 Å². The van der Waals surface area contributed by atoms with Gasteiger partial charge in [-0.15, -0.1) is 0 Å². The molecule has 8 nitrogen and oxygen atoms in total. The lowest BCUT2D eigenvalue weighted by Gasteiger charge is -2.12. The molecular weight excluding hydrogens is 346 g/mol. The molecule has 0 unspecified atom stereocenters. The van der Waals surface area contributed by atoms with E-state index in [4.69, 9.17) is 5.11 Å². The van der Waals surface area contributed by atoms with Crippen molar-refractivity contribution in [3.8, 4) is 0 Å². The molecule has 25 heavy (non-hydrogen) atoms. The van der Waals surface area contributed by atoms with Crippen LogP contribution in [0.1, 0.15) is 13.3 Å². The second-order valence-corrected chi connectivity index (χ2v) is 7.61. The molecule has 0 aliphatic rings. The van der Waals surface area contributed by atoms with Crippen molar-refractivity contribution >= 4 is 37.8 Å². The van der Waals surface area contributed by atoms with Crippen molar-refractivity contribution in [1.29, 1.82) is 0 Å². The first kappa shape index (κ1) is 18.7. The number of fused-ring (bicyclic) bond motifs is 3. The van der Waals surface area contributed by atoms with E-state index < -0.39 is 16.0 Å². The van der Waals surface area contributed by atoms with Gasteiger partial charge in [-0.2, -0.15) is 0 Å². The molecule has 0 fully saturated rings. The van der Waals surface area contributed by atoms with Crippen LogP contribution in [0.4, 0.5) is 0 Å². The van der Waals surface area contributed by atoms with Crippen molar-refractivity contribution in [2.45, 2.75) is 18.2 Å². The number of benzene rings is 1. The van der Waals surface area contributed by atoms with Crippen LogP contribution in [0.25, 0.3) is 21.8 Å². The monoisotopic (exact) mass is 365 g/mol. The smallest absolute Gasteiger partial charge is 0.303 e. The van der Waals surface area contributed by atoms with Crippen LogP contribution < -0.4 is 5.56 Å². The SMILES string of the molecule is CCC(=O)O.CN(C)S(=O)(=O)c1ccc2[nH]c(=O)c3[nH]ccc3c2c1. The van der Waals surface area contributed by atoms with Gasteiger partial charge in [0.05, 0.1) is 4.90 Å². The average molecular weight is 365 g/mol. The topological polar surface area (TPSA) is 123 Å². The van der Waals surface area contributed by atoms with E-state index in [1.165, 1.54) is 20.2 Å². The molecule has 0 aliphatic heterocycles. The zero-order valence-corrected chi connectivity index (χ0v) is 14.8. The highest BCUT2D eigenvalue weighted by molar-refractivity contribution is 7.89. The van der Waals surface area contributed by atoms with Crippen LogP contribution in [0.2, 0.25) is 0 Å². The Balaban J connectivity index is 0.000000399. The maximum atomic E-state index is 12.2. The molecule has 0 amide bonds. The number of aromatic amines is 2. The first-order valence-corrected chi connectivity index (χ1v) is 8.90. The Morgan fingerprint density at radius 2 is 1.84 bits per heavy atom. The predicted octanol–water partition coefficient (Wildman–Crippen LogP) is 1.74. The highest BCUT2D eigenvalue weighted by Gasteiger charge is 2.18. The molecule has 0 bridgehead atoms. The Kier molecular flexibility index (Phi) is 5.29. The van der Waals surface area contributed by atoms with Crippen LogP contribution in [0.5, 0.6) is 0 Å². The van der Waals surface area contributed by atoms with Crippen molar-refractivity contribution in [3.63, 3.8) is 0 Å². The fourth-order valence-corrected chi connectivity index (χ4v) is 3.12. The normalized spacial score (nSPS) is 11.5. The van der Waals surface area contributed by atoms with E-state index in [1.54, 1.807) is 31.3 Å². The number of nitrogens with one attached hydrogen (secondary N) is 2. The minimum atomic E-state index is -3.50. The van der Waals surface area contributed by atoms with Crippen LogP contribution in [0.3, 0.4) is 0 Å². The van der Waals surface area contributed by atoms with Gasteiger partial charge in [0.15, 0.2) is 0 Å². The number of carboxylic acid groups (broad SMARTS) is 1. The van der Waals surface area contributed by atoms with Crippen LogP contribution in [0, 0.1) is 0 Å². The van der Waals surface area contributed by atoms with E-state index in [-0.39, 0.29) is 16.9 Å². The Morgan fingerprint density at radius 1 is 1.20 bits per heavy atom. The molecule has 0 radical (unpaired) electrons. The van der Waals surface area contributed by atoms with Crippen LogP contribution in [-0.2, 0) is 14.8 Å². The van der Waals surface area contributed by atoms with Gasteiger partial charge in [-0.3, -0.25) is 9.59 Å². The van der Waals surface area contributed by atoms with Crippen molar-refractivity contribution in [2.75, 3.05) is 14.1 Å². The molecule has 2 aromatic heterocycles. The highest BCUT2D eigenvalue weighted by atomic mass is 32.2. The number of H-pyrrole nitrogens is 2. The van der Waals surface area contributed by atoms with Gasteiger partial charge in [0, 0.05) is 43.0 Å². The third-order valence-electron chi connectivity index (χ3n) is 3.58. The predicted molar refractivity (Wildman–Crippen MR) is 95.2 cm³/mol. The summed E-state index contributed by atoms with van der Waals surface area (Å²) in [6, 6.07) is 6.45. The third-order valence-corrected chi connectivity index (χ3v) is 5.40. The number of aliphatic carboxylic acids is 1. The minimum Gasteiger partial charge on any atom is -0.481 e. The van der Waals surface area contributed by atoms with Crippen molar-refractivity contribution in [1.82, 2.24) is 14.3 Å². The van der Waals surface area contributed by atoms with Crippen LogP contribution in [-0.4, -0.2) is 47.9 Å². The number of hydrogen-bond acceptors (Lipinski definition) is 4. The fourth-order valence-electron chi connectivity index (χ4n) is 2.19. The number of rotatable bonds is 3. The van der Waals surface area contributed by atoms with Crippen molar-refractivity contribution in [2.24, 2.45) is 0 Å². The van der Waals surface area contributed by atoms with Gasteiger partial charge in [0.2, 0.25) is 10.0 Å². The van der Waals surface area contributed by atoms with Gasteiger partial charge in [0.25, 0.3) is 5.56 Å². The number of hydrogen-bond donors (Lipinski definition) is 3. The summed E-state index contributed by atoms with van der Waals surface area (Å²) in [5, 5.41) is 9.13. The molecule has 1 aromatic carbocycles. The molecule has 134 valence electrons. The lowest BCUT2D eigenvalue weighted by Crippen LogP contribution is -2.22. The average Bonchev–Trinajstić information content (AvgIpc) is 3.05. The number of pyridine rings is 1. The number of sulfonamides is 1. The zero-order chi connectivity index (χ0) is 18.8. The van der Waals surface area contributed by atoms with Gasteiger partial charge in [0.1, 0.15) is 5.52 Å². The summed E-state index contributed by atoms with van der Waals surface area (Å²) in [6.45, 7) is 1.60. The Hall–Kier alpha value is -2.65. The van der Waals surface area contributed by atoms with Gasteiger partial charge in [-0.05, 0) is 24.3 Å². The Bertz CT molecular complexity index is 1080. The molecule has 0 spiro atoms. The third kappa shape index (κ3) is 3.72. The van der Waals surface area contributed by atoms with Crippen LogP contribution in [0.15, 0.2) is 40.2 Å². The van der Waals surface area contributed by atoms with E-state index in [1.807, 2.05) is 0 Å². The van der Waals surface area contributed by atoms with Crippen molar-refractivity contribution < 1.29 is 18.3 Å². The molecule has 9 heteroatoms. The summed E-state index contributed by atoms with van der Waals surface area (Å²) in [4.78, 5) is 27.0. The number of aromatic nitrogens is 2. The summed E-state index contributed by atoms with van der Waals surface area (Å²) < 4.78 is 25.5. The number of carboxylic acids is 1. The lowest BCUT2D eigenvalue weighted by molar-refractivity contribution is -0.136. The van der Waals surface area contributed by atoms with E-state index in [9.17, 15) is 18.0 Å². The second kappa shape index (κ2) is 7.08. The maximum Gasteiger partial charge on any atom is 0.303 e. The van der Waals surface area contributed by atoms with Gasteiger partial charge in [-0.25, -0.2) is 12.7 Å². The summed E-state index contributed by atoms with van der Waals surface area (Å²) in [6.07, 6.45) is 1.88. The second-order valence-electron chi connectivity index (χ2n) is 5.46. The van der Waals surface area contributed by atoms with Gasteiger partial charge < -0.3 is 15.1 Å². The number of nitrogens with zero attached hydrogens (tertiary/aromatic N) is 1. The fraction of sp³-hybridized carbons (Fsp3) is 0.250. The highest BCUT2D eigenvalue weighted by Crippen LogP contribution is 2.24. The Morgan fingerprint density at radius 3 is 2.40 bits per heavy atom. The maximum absolute atomic E-state index is 12.2. The summed E-state index contributed by atoms with van der Waals surface area (Å²) in [7, 11) is -0.530. The molecule has 0 saturated carbocycles. The van der Waals surface area contributed by atoms with E-state index in [0.717, 1.165) is 4.31 Å². The first-order chi connectivity index (χ1) is 11.7. The van der Waals surface area contributed by atoms with Crippen LogP contribution >= 0.6 is 0 Å². The quantitative estimate of drug-likeness (QED) is 0.652. The standard InChI is InChI=1S/C13H13N3O3S.C3H6O2/c1-16(2)20(18,19)8-3-4-11-10(7-8)9-5-6-14-12(9)13(17)15-11;1-2-3(4)5/h3-7,14H,1-2H3,(H,15,17);2H2,1H3,(H,4,5). The van der Waals surface area contributed by atoms with Gasteiger partial charge >= 0.3 is 5.97 Å². The van der Waals surface area contributed by atoms with E-state index >= 15 is 0 Å². The molecule has 3 aromatic rings. The largest absolute Gasteiger partial charge is 0.481 e. The summed E-state index contributed by atoms with van der Waals surface area (Å²) in [5.41, 5.74) is 0.831. The summed E-state index contributed by atoms with van der Waals surface area (Å²) >= 11 is 0. The van der Waals surface area contributed by atoms with Gasteiger partial charge in [-0.1, -0.05) is 6.92 Å². The molecular formula is C16H19N3O5S. The molecule has 3 N–H and O–H groups in total. The first-order valence-electron chi connectivity index (χ1n) is 7.46. The van der Waals surface area contributed by atoms with E-state index in [0.29, 0.717) is 21.8 Å². The lowest BCUT2D eigenvalue weighted by atomic mass is 10.1. The molecule has 0 atom stereocenters. The minimum absolute atomic E-state index is 0.199. The molecule has 3 rings (SSSR count). The molecule has 0 aliphatic carbocycles. The summed E-state index contributed by atoms with van der Waals surface area (Å²) in [5.74, 6) is -0.745. The molecule has 2 heterocycles. The number of carbonyl (C=O) groups is 1. The molecule has 0 saturated heterocycles. The zero-order valence-electron chi connectivity index (χ0n) is 14.0.